The Labute approximate surface area is 107 Å². The molecular formula is C14H30N2O. The topological polar surface area (TPSA) is 24.5 Å². The zero-order valence-electron chi connectivity index (χ0n) is 12.3. The summed E-state index contributed by atoms with van der Waals surface area (Å²) in [5.74, 6) is 0. The van der Waals surface area contributed by atoms with E-state index in [1.807, 2.05) is 0 Å². The van der Waals surface area contributed by atoms with Crippen LogP contribution in [0.1, 0.15) is 40.5 Å². The third-order valence-corrected chi connectivity index (χ3v) is 3.31. The summed E-state index contributed by atoms with van der Waals surface area (Å²) < 4.78 is 5.60. The molecule has 1 N–H and O–H groups in total. The summed E-state index contributed by atoms with van der Waals surface area (Å²) in [6.07, 6.45) is 2.90. The summed E-state index contributed by atoms with van der Waals surface area (Å²) >= 11 is 0. The standard InChI is InChI=1S/C14H30N2O/c1-12(16(5)11-14(2,3)4)9-15-10-13-7-6-8-17-13/h12-13,15H,6-11H2,1-5H3. The predicted molar refractivity (Wildman–Crippen MR) is 73.4 cm³/mol. The van der Waals surface area contributed by atoms with Crippen LogP contribution in [0, 0.1) is 5.41 Å². The average molecular weight is 242 g/mol. The lowest BCUT2D eigenvalue weighted by Gasteiger charge is -2.31. The molecule has 0 bridgehead atoms. The first kappa shape index (κ1) is 14.9. The van der Waals surface area contributed by atoms with Crippen molar-refractivity contribution < 1.29 is 4.74 Å². The van der Waals surface area contributed by atoms with Gasteiger partial charge in [-0.25, -0.2) is 0 Å². The second-order valence-corrected chi connectivity index (χ2v) is 6.62. The molecule has 0 aromatic rings. The van der Waals surface area contributed by atoms with Crippen molar-refractivity contribution in [1.29, 1.82) is 0 Å². The molecule has 1 aliphatic rings. The summed E-state index contributed by atoms with van der Waals surface area (Å²) in [5, 5.41) is 3.53. The Morgan fingerprint density at radius 1 is 1.41 bits per heavy atom. The number of likely N-dealkylation sites (N-methyl/N-ethyl adjacent to an activating group) is 1. The molecule has 0 radical (unpaired) electrons. The lowest BCUT2D eigenvalue weighted by atomic mass is 9.95. The van der Waals surface area contributed by atoms with Crippen LogP contribution in [0.15, 0.2) is 0 Å². The number of rotatable bonds is 6. The minimum atomic E-state index is 0.373. The van der Waals surface area contributed by atoms with Gasteiger partial charge in [0.1, 0.15) is 0 Å². The third kappa shape index (κ3) is 6.39. The van der Waals surface area contributed by atoms with E-state index in [2.05, 4.69) is 45.0 Å². The van der Waals surface area contributed by atoms with Crippen LogP contribution in [-0.2, 0) is 4.74 Å². The van der Waals surface area contributed by atoms with Crippen molar-refractivity contribution in [2.24, 2.45) is 5.41 Å². The van der Waals surface area contributed by atoms with Crippen LogP contribution in [-0.4, -0.2) is 50.3 Å². The molecule has 0 aliphatic carbocycles. The monoisotopic (exact) mass is 242 g/mol. The molecule has 1 rings (SSSR count). The Balaban J connectivity index is 2.12. The number of nitrogens with one attached hydrogen (secondary N) is 1. The molecule has 1 heterocycles. The zero-order chi connectivity index (χ0) is 12.9. The lowest BCUT2D eigenvalue weighted by Crippen LogP contribution is -2.43. The number of ether oxygens (including phenoxy) is 1. The minimum Gasteiger partial charge on any atom is -0.377 e. The Hall–Kier alpha value is -0.120. The minimum absolute atomic E-state index is 0.373. The van der Waals surface area contributed by atoms with Gasteiger partial charge in [0.25, 0.3) is 0 Å². The van der Waals surface area contributed by atoms with Gasteiger partial charge in [-0.05, 0) is 32.2 Å². The molecule has 3 nitrogen and oxygen atoms in total. The molecule has 1 aliphatic heterocycles. The van der Waals surface area contributed by atoms with Gasteiger partial charge in [-0.2, -0.15) is 0 Å². The van der Waals surface area contributed by atoms with Gasteiger partial charge in [0.2, 0.25) is 0 Å². The fourth-order valence-corrected chi connectivity index (χ4v) is 2.32. The number of hydrogen-bond acceptors (Lipinski definition) is 3. The van der Waals surface area contributed by atoms with Gasteiger partial charge in [0.05, 0.1) is 6.10 Å². The van der Waals surface area contributed by atoms with Crippen LogP contribution in [0.3, 0.4) is 0 Å². The van der Waals surface area contributed by atoms with Crippen molar-refractivity contribution in [1.82, 2.24) is 10.2 Å². The maximum Gasteiger partial charge on any atom is 0.0700 e. The van der Waals surface area contributed by atoms with Gasteiger partial charge in [0.15, 0.2) is 0 Å². The van der Waals surface area contributed by atoms with Gasteiger partial charge in [-0.1, -0.05) is 20.8 Å². The normalized spacial score (nSPS) is 23.3. The van der Waals surface area contributed by atoms with E-state index in [-0.39, 0.29) is 0 Å². The van der Waals surface area contributed by atoms with Crippen LogP contribution < -0.4 is 5.32 Å². The summed E-state index contributed by atoms with van der Waals surface area (Å²) in [4.78, 5) is 2.43. The molecule has 0 aromatic heterocycles. The van der Waals surface area contributed by atoms with Crippen molar-refractivity contribution in [2.45, 2.75) is 52.7 Å². The Bertz CT molecular complexity index is 207. The van der Waals surface area contributed by atoms with Crippen LogP contribution in [0.5, 0.6) is 0 Å². The van der Waals surface area contributed by atoms with E-state index in [0.717, 1.165) is 26.2 Å². The van der Waals surface area contributed by atoms with Crippen molar-refractivity contribution in [3.63, 3.8) is 0 Å². The summed E-state index contributed by atoms with van der Waals surface area (Å²) in [7, 11) is 2.21. The molecule has 102 valence electrons. The van der Waals surface area contributed by atoms with E-state index in [1.54, 1.807) is 0 Å². The average Bonchev–Trinajstić information content (AvgIpc) is 2.67. The molecule has 0 saturated carbocycles. The molecule has 1 saturated heterocycles. The molecular weight excluding hydrogens is 212 g/mol. The van der Waals surface area contributed by atoms with E-state index in [4.69, 9.17) is 4.74 Å². The molecule has 0 amide bonds. The highest BCUT2D eigenvalue weighted by molar-refractivity contribution is 4.74. The summed E-state index contributed by atoms with van der Waals surface area (Å²) in [6.45, 7) is 13.3. The highest BCUT2D eigenvalue weighted by Gasteiger charge is 2.18. The summed E-state index contributed by atoms with van der Waals surface area (Å²) in [5.41, 5.74) is 0.373. The van der Waals surface area contributed by atoms with E-state index in [0.29, 0.717) is 17.6 Å². The lowest BCUT2D eigenvalue weighted by molar-refractivity contribution is 0.106. The fourth-order valence-electron chi connectivity index (χ4n) is 2.32. The number of nitrogens with zero attached hydrogens (tertiary/aromatic N) is 1. The Kier molecular flexibility index (Phi) is 5.90. The molecule has 0 aromatic carbocycles. The van der Waals surface area contributed by atoms with E-state index < -0.39 is 0 Å². The molecule has 2 unspecified atom stereocenters. The third-order valence-electron chi connectivity index (χ3n) is 3.31. The van der Waals surface area contributed by atoms with Gasteiger partial charge in [-0.3, -0.25) is 0 Å². The van der Waals surface area contributed by atoms with Crippen molar-refractivity contribution >= 4 is 0 Å². The SMILES string of the molecule is CC(CNCC1CCCO1)N(C)CC(C)(C)C. The first-order valence-electron chi connectivity index (χ1n) is 6.91. The van der Waals surface area contributed by atoms with Gasteiger partial charge >= 0.3 is 0 Å². The van der Waals surface area contributed by atoms with Crippen LogP contribution in [0.25, 0.3) is 0 Å². The molecule has 17 heavy (non-hydrogen) atoms. The van der Waals surface area contributed by atoms with Gasteiger partial charge in [-0.15, -0.1) is 0 Å². The van der Waals surface area contributed by atoms with Crippen LogP contribution >= 0.6 is 0 Å². The van der Waals surface area contributed by atoms with E-state index >= 15 is 0 Å². The molecule has 1 fully saturated rings. The Morgan fingerprint density at radius 2 is 2.12 bits per heavy atom. The van der Waals surface area contributed by atoms with Crippen LogP contribution in [0.2, 0.25) is 0 Å². The van der Waals surface area contributed by atoms with Gasteiger partial charge < -0.3 is 15.0 Å². The maximum absolute atomic E-state index is 5.60. The van der Waals surface area contributed by atoms with Gasteiger partial charge in [0, 0.05) is 32.3 Å². The van der Waals surface area contributed by atoms with Crippen molar-refractivity contribution in [3.8, 4) is 0 Å². The van der Waals surface area contributed by atoms with E-state index in [1.165, 1.54) is 12.8 Å². The maximum atomic E-state index is 5.60. The second-order valence-electron chi connectivity index (χ2n) is 6.62. The van der Waals surface area contributed by atoms with Crippen molar-refractivity contribution in [3.05, 3.63) is 0 Å². The highest BCUT2D eigenvalue weighted by Crippen LogP contribution is 2.15. The molecule has 2 atom stereocenters. The predicted octanol–water partition coefficient (Wildman–Crippen LogP) is 2.12. The molecule has 3 heteroatoms. The Morgan fingerprint density at radius 3 is 2.65 bits per heavy atom. The highest BCUT2D eigenvalue weighted by atomic mass is 16.5. The van der Waals surface area contributed by atoms with Crippen LogP contribution in [0.4, 0.5) is 0 Å². The summed E-state index contributed by atoms with van der Waals surface area (Å²) in [6, 6.07) is 0.579. The van der Waals surface area contributed by atoms with Crippen molar-refractivity contribution in [2.75, 3.05) is 33.3 Å². The zero-order valence-corrected chi connectivity index (χ0v) is 12.3. The van der Waals surface area contributed by atoms with E-state index in [9.17, 15) is 0 Å². The largest absolute Gasteiger partial charge is 0.377 e. The smallest absolute Gasteiger partial charge is 0.0700 e. The first-order valence-corrected chi connectivity index (χ1v) is 6.91. The fraction of sp³-hybridized carbons (Fsp3) is 1.00. The molecule has 0 spiro atoms. The second kappa shape index (κ2) is 6.72. The number of hydrogen-bond donors (Lipinski definition) is 1. The quantitative estimate of drug-likeness (QED) is 0.772. The first-order chi connectivity index (χ1) is 7.88.